The number of hydrogen-bond donors (Lipinski definition) is 0. The highest BCUT2D eigenvalue weighted by molar-refractivity contribution is 7.79. The zero-order valence-electron chi connectivity index (χ0n) is 30.6. The molecule has 2 aromatic heterocycles. The van der Waals surface area contributed by atoms with Crippen molar-refractivity contribution in [3.63, 3.8) is 0 Å². The number of aromatic nitrogens is 3. The fourth-order valence-electron chi connectivity index (χ4n) is 8.73. The highest BCUT2D eigenvalue weighted by atomic mass is 31.2. The van der Waals surface area contributed by atoms with Crippen molar-refractivity contribution in [3.05, 3.63) is 188 Å². The minimum atomic E-state index is -2.74. The van der Waals surface area contributed by atoms with E-state index in [1.807, 2.05) is 41.5 Å². The van der Waals surface area contributed by atoms with Gasteiger partial charge in [-0.05, 0) is 84.9 Å². The Hall–Kier alpha value is -6.87. The van der Waals surface area contributed by atoms with Crippen LogP contribution in [0.4, 0.5) is 0 Å². The largest absolute Gasteiger partial charge is 0.314 e. The molecule has 0 N–H and O–H groups in total. The molecule has 8 aromatic carbocycles. The zero-order valence-corrected chi connectivity index (χ0v) is 31.5. The molecule has 0 radical (unpaired) electrons. The number of nitrogens with zero attached hydrogens (tertiary/aromatic N) is 3. The summed E-state index contributed by atoms with van der Waals surface area (Å²) in [5.74, 6) is 0.677. The van der Waals surface area contributed by atoms with Gasteiger partial charge < -0.3 is 4.57 Å². The molecule has 10 aromatic rings. The van der Waals surface area contributed by atoms with E-state index in [0.717, 1.165) is 82.7 Å². The summed E-state index contributed by atoms with van der Waals surface area (Å²) in [5, 5.41) is 11.6. The maximum Gasteiger partial charge on any atom is 0.182 e. The molecular formula is C51H34N3OP. The van der Waals surface area contributed by atoms with Crippen LogP contribution in [0.1, 0.15) is 0 Å². The Morgan fingerprint density at radius 1 is 0.429 bits per heavy atom. The van der Waals surface area contributed by atoms with Gasteiger partial charge in [-0.1, -0.05) is 170 Å². The number of pyridine rings is 1. The molecule has 56 heavy (non-hydrogen) atoms. The van der Waals surface area contributed by atoms with E-state index in [1.165, 1.54) is 16.3 Å². The molecule has 11 rings (SSSR count). The molecule has 0 saturated heterocycles. The van der Waals surface area contributed by atoms with Gasteiger partial charge in [-0.2, -0.15) is 0 Å². The van der Waals surface area contributed by atoms with Gasteiger partial charge in [0.25, 0.3) is 0 Å². The lowest BCUT2D eigenvalue weighted by Gasteiger charge is -2.18. The molecule has 1 aliphatic heterocycles. The molecule has 0 spiro atoms. The second-order valence-corrected chi connectivity index (χ2v) is 17.5. The first-order chi connectivity index (χ1) is 27.5. The molecule has 0 amide bonds. The highest BCUT2D eigenvalue weighted by Gasteiger charge is 2.34. The summed E-state index contributed by atoms with van der Waals surface area (Å²) < 4.78 is 16.3. The second kappa shape index (κ2) is 12.6. The standard InChI is InChI=1S/C51H34N3OP/c1-56(55)46-23-13-12-18-39(46)40-29-28-37(31-47(40)56)49-43-21-10-8-19-41(43)48(42-20-9-11-22-44(42)49)35-24-26-36(27-25-35)50-52-51-45(34-16-6-3-7-17-34)30-38(32-54(51)53-50)33-14-4-2-5-15-33/h2-32H,1H3. The van der Waals surface area contributed by atoms with Crippen LogP contribution in [0.25, 0.3) is 94.2 Å². The smallest absolute Gasteiger partial charge is 0.182 e. The zero-order chi connectivity index (χ0) is 37.4. The second-order valence-electron chi connectivity index (χ2n) is 14.7. The summed E-state index contributed by atoms with van der Waals surface area (Å²) in [6.07, 6.45) is 2.07. The Kier molecular flexibility index (Phi) is 7.32. The molecule has 0 saturated carbocycles. The van der Waals surface area contributed by atoms with Gasteiger partial charge in [0.05, 0.1) is 0 Å². The average molecular weight is 736 g/mol. The van der Waals surface area contributed by atoms with Crippen LogP contribution in [0.5, 0.6) is 0 Å². The molecule has 3 heterocycles. The van der Waals surface area contributed by atoms with Gasteiger partial charge >= 0.3 is 0 Å². The van der Waals surface area contributed by atoms with Crippen LogP contribution in [0.2, 0.25) is 0 Å². The van der Waals surface area contributed by atoms with Gasteiger partial charge in [0.15, 0.2) is 11.5 Å². The Balaban J connectivity index is 1.04. The molecule has 0 aliphatic carbocycles. The summed E-state index contributed by atoms with van der Waals surface area (Å²) in [6, 6.07) is 63.8. The third-order valence-electron chi connectivity index (χ3n) is 11.4. The van der Waals surface area contributed by atoms with Crippen LogP contribution < -0.4 is 10.6 Å². The van der Waals surface area contributed by atoms with E-state index in [0.29, 0.717) is 5.82 Å². The van der Waals surface area contributed by atoms with Crippen LogP contribution in [0.3, 0.4) is 0 Å². The van der Waals surface area contributed by atoms with Crippen molar-refractivity contribution in [3.8, 4) is 67.0 Å². The molecule has 5 heteroatoms. The lowest BCUT2D eigenvalue weighted by atomic mass is 9.85. The van der Waals surface area contributed by atoms with Crippen LogP contribution >= 0.6 is 7.14 Å². The fraction of sp³-hybridized carbons (Fsp3) is 0.0196. The molecule has 1 atom stereocenters. The number of hydrogen-bond acceptors (Lipinski definition) is 3. The van der Waals surface area contributed by atoms with E-state index in [1.54, 1.807) is 0 Å². The van der Waals surface area contributed by atoms with Gasteiger partial charge in [-0.25, -0.2) is 9.50 Å². The molecule has 1 unspecified atom stereocenters. The minimum Gasteiger partial charge on any atom is -0.314 e. The third-order valence-corrected chi connectivity index (χ3v) is 14.0. The van der Waals surface area contributed by atoms with Gasteiger partial charge in [0, 0.05) is 33.5 Å². The van der Waals surface area contributed by atoms with E-state index in [9.17, 15) is 4.57 Å². The summed E-state index contributed by atoms with van der Waals surface area (Å²) in [7, 11) is -2.74. The molecule has 0 bridgehead atoms. The number of benzene rings is 8. The first-order valence-corrected chi connectivity index (χ1v) is 21.1. The normalized spacial score (nSPS) is 14.7. The molecule has 4 nitrogen and oxygen atoms in total. The summed E-state index contributed by atoms with van der Waals surface area (Å²) in [5.41, 5.74) is 12.8. The first kappa shape index (κ1) is 32.6. The molecule has 0 fully saturated rings. The van der Waals surface area contributed by atoms with Crippen LogP contribution in [-0.2, 0) is 4.57 Å². The van der Waals surface area contributed by atoms with Gasteiger partial charge in [-0.15, -0.1) is 5.10 Å². The van der Waals surface area contributed by atoms with Crippen molar-refractivity contribution in [2.24, 2.45) is 0 Å². The molecule has 264 valence electrons. The summed E-state index contributed by atoms with van der Waals surface area (Å²) in [6.45, 7) is 1.91. The minimum absolute atomic E-state index is 0.677. The van der Waals surface area contributed by atoms with Crippen molar-refractivity contribution >= 4 is 44.9 Å². The third kappa shape index (κ3) is 5.04. The van der Waals surface area contributed by atoms with Crippen LogP contribution in [0.15, 0.2) is 188 Å². The predicted molar refractivity (Wildman–Crippen MR) is 233 cm³/mol. The highest BCUT2D eigenvalue weighted by Crippen LogP contribution is 2.51. The SMILES string of the molecule is CP1(=O)c2ccccc2-c2ccc(-c3c4ccccc4c(-c4ccc(-c5nc6c(-c7ccccc7)cc(-c7ccccc7)cn6n5)cc4)c4ccccc34)cc21. The van der Waals surface area contributed by atoms with Crippen molar-refractivity contribution in [1.29, 1.82) is 0 Å². The topological polar surface area (TPSA) is 47.3 Å². The van der Waals surface area contributed by atoms with Gasteiger partial charge in [-0.3, -0.25) is 0 Å². The Morgan fingerprint density at radius 3 is 1.61 bits per heavy atom. The maximum atomic E-state index is 14.3. The lowest BCUT2D eigenvalue weighted by molar-refractivity contribution is 0.591. The van der Waals surface area contributed by atoms with Crippen LogP contribution in [-0.4, -0.2) is 21.3 Å². The Labute approximate surface area is 324 Å². The summed E-state index contributed by atoms with van der Waals surface area (Å²) in [4.78, 5) is 5.12. The fourth-order valence-corrected chi connectivity index (χ4v) is 11.1. The van der Waals surface area contributed by atoms with Gasteiger partial charge in [0.1, 0.15) is 7.14 Å². The monoisotopic (exact) mass is 735 g/mol. The Bertz CT molecular complexity index is 3170. The predicted octanol–water partition coefficient (Wildman–Crippen LogP) is 12.3. The van der Waals surface area contributed by atoms with Gasteiger partial charge in [0.2, 0.25) is 0 Å². The van der Waals surface area contributed by atoms with Crippen molar-refractivity contribution in [2.45, 2.75) is 0 Å². The molecule has 1 aliphatic rings. The van der Waals surface area contributed by atoms with E-state index in [-0.39, 0.29) is 0 Å². The maximum absolute atomic E-state index is 14.3. The Morgan fingerprint density at radius 2 is 0.946 bits per heavy atom. The lowest BCUT2D eigenvalue weighted by Crippen LogP contribution is -2.08. The van der Waals surface area contributed by atoms with E-state index in [4.69, 9.17) is 10.1 Å². The van der Waals surface area contributed by atoms with E-state index < -0.39 is 7.14 Å². The average Bonchev–Trinajstić information content (AvgIpc) is 3.79. The van der Waals surface area contributed by atoms with Crippen molar-refractivity contribution < 1.29 is 4.57 Å². The van der Waals surface area contributed by atoms with Crippen molar-refractivity contribution in [2.75, 3.05) is 6.66 Å². The van der Waals surface area contributed by atoms with Crippen LogP contribution in [0, 0.1) is 0 Å². The van der Waals surface area contributed by atoms with Crippen molar-refractivity contribution in [1.82, 2.24) is 14.6 Å². The van der Waals surface area contributed by atoms with E-state index in [2.05, 4.69) is 158 Å². The molecular weight excluding hydrogens is 702 g/mol. The number of rotatable bonds is 5. The number of fused-ring (bicyclic) bond motifs is 6. The first-order valence-electron chi connectivity index (χ1n) is 18.9. The van der Waals surface area contributed by atoms with E-state index >= 15 is 0 Å². The quantitative estimate of drug-likeness (QED) is 0.131. The summed E-state index contributed by atoms with van der Waals surface area (Å²) >= 11 is 0.